The van der Waals surface area contributed by atoms with Crippen molar-refractivity contribution in [1.82, 2.24) is 4.90 Å². The normalized spacial score (nSPS) is 12.7. The summed E-state index contributed by atoms with van der Waals surface area (Å²) in [5.74, 6) is 0.326. The van der Waals surface area contributed by atoms with Gasteiger partial charge in [-0.15, -0.1) is 0 Å². The molecule has 1 amide bonds. The van der Waals surface area contributed by atoms with Crippen molar-refractivity contribution < 1.29 is 28.6 Å². The van der Waals surface area contributed by atoms with E-state index in [0.717, 1.165) is 16.7 Å². The van der Waals surface area contributed by atoms with Gasteiger partial charge in [0, 0.05) is 25.1 Å². The number of ketones is 1. The molecule has 0 saturated heterocycles. The second kappa shape index (κ2) is 10.1. The van der Waals surface area contributed by atoms with E-state index in [1.54, 1.807) is 31.3 Å². The number of aryl methyl sites for hydroxylation is 1. The smallest absolute Gasteiger partial charge is 0.306 e. The summed E-state index contributed by atoms with van der Waals surface area (Å²) in [5.41, 5.74) is 3.71. The predicted molar refractivity (Wildman–Crippen MR) is 114 cm³/mol. The molecule has 2 aromatic carbocycles. The van der Waals surface area contributed by atoms with Gasteiger partial charge in [-0.1, -0.05) is 29.8 Å². The lowest BCUT2D eigenvalue weighted by molar-refractivity contribution is -0.152. The van der Waals surface area contributed by atoms with Gasteiger partial charge < -0.3 is 19.1 Å². The molecular weight excluding hydrogens is 398 g/mol. The van der Waals surface area contributed by atoms with Crippen LogP contribution in [0.2, 0.25) is 0 Å². The highest BCUT2D eigenvalue weighted by molar-refractivity contribution is 5.97. The van der Waals surface area contributed by atoms with Gasteiger partial charge in [-0.25, -0.2) is 0 Å². The summed E-state index contributed by atoms with van der Waals surface area (Å²) in [4.78, 5) is 38.3. The van der Waals surface area contributed by atoms with Crippen LogP contribution in [0.3, 0.4) is 0 Å². The Kier molecular flexibility index (Phi) is 7.28. The minimum absolute atomic E-state index is 0.0504. The van der Waals surface area contributed by atoms with Crippen molar-refractivity contribution in [1.29, 1.82) is 0 Å². The zero-order valence-corrected chi connectivity index (χ0v) is 18.1. The van der Waals surface area contributed by atoms with Crippen molar-refractivity contribution >= 4 is 17.7 Å². The standard InChI is InChI=1S/C24H27NO6/c1-16-4-6-17(7-5-16)20(26)8-9-24(28)31-15-23(27)25-11-10-18-12-21(29-2)22(30-3)13-19(18)14-25/h4-7,12-13H,8-11,14-15H2,1-3H3. The minimum atomic E-state index is -0.558. The summed E-state index contributed by atoms with van der Waals surface area (Å²) in [7, 11) is 3.16. The summed E-state index contributed by atoms with van der Waals surface area (Å²) >= 11 is 0. The van der Waals surface area contributed by atoms with E-state index < -0.39 is 5.97 Å². The van der Waals surface area contributed by atoms with Crippen molar-refractivity contribution in [2.24, 2.45) is 0 Å². The summed E-state index contributed by atoms with van der Waals surface area (Å²) in [6.45, 7) is 2.56. The molecule has 31 heavy (non-hydrogen) atoms. The fourth-order valence-corrected chi connectivity index (χ4v) is 3.50. The number of Topliss-reactive ketones (excluding diaryl/α,β-unsaturated/α-hetero) is 1. The zero-order chi connectivity index (χ0) is 22.4. The van der Waals surface area contributed by atoms with Gasteiger partial charge in [0.2, 0.25) is 0 Å². The first-order valence-electron chi connectivity index (χ1n) is 10.2. The molecule has 1 heterocycles. The predicted octanol–water partition coefficient (Wildman–Crippen LogP) is 3.10. The first kappa shape index (κ1) is 22.3. The number of carbonyl (C=O) groups is 3. The molecule has 0 spiro atoms. The highest BCUT2D eigenvalue weighted by atomic mass is 16.5. The third-order valence-corrected chi connectivity index (χ3v) is 5.36. The maximum absolute atomic E-state index is 12.5. The number of hydrogen-bond acceptors (Lipinski definition) is 6. The van der Waals surface area contributed by atoms with Gasteiger partial charge in [0.15, 0.2) is 23.9 Å². The second-order valence-electron chi connectivity index (χ2n) is 7.49. The van der Waals surface area contributed by atoms with E-state index in [-0.39, 0.29) is 31.1 Å². The molecule has 0 bridgehead atoms. The van der Waals surface area contributed by atoms with E-state index in [4.69, 9.17) is 14.2 Å². The number of hydrogen-bond donors (Lipinski definition) is 0. The average Bonchev–Trinajstić information content (AvgIpc) is 2.79. The maximum atomic E-state index is 12.5. The summed E-state index contributed by atoms with van der Waals surface area (Å²) in [5, 5.41) is 0. The zero-order valence-electron chi connectivity index (χ0n) is 18.1. The number of rotatable bonds is 8. The second-order valence-corrected chi connectivity index (χ2v) is 7.49. The van der Waals surface area contributed by atoms with Crippen LogP contribution in [0.4, 0.5) is 0 Å². The minimum Gasteiger partial charge on any atom is -0.493 e. The molecule has 0 radical (unpaired) electrons. The van der Waals surface area contributed by atoms with Crippen LogP contribution in [0.25, 0.3) is 0 Å². The Bertz CT molecular complexity index is 967. The van der Waals surface area contributed by atoms with E-state index in [1.165, 1.54) is 0 Å². The molecule has 0 N–H and O–H groups in total. The lowest BCUT2D eigenvalue weighted by Gasteiger charge is -2.29. The molecule has 2 aromatic rings. The number of fused-ring (bicyclic) bond motifs is 1. The Hall–Kier alpha value is -3.35. The molecule has 0 aliphatic carbocycles. The highest BCUT2D eigenvalue weighted by Gasteiger charge is 2.23. The van der Waals surface area contributed by atoms with Crippen LogP contribution < -0.4 is 9.47 Å². The lowest BCUT2D eigenvalue weighted by Crippen LogP contribution is -2.38. The molecule has 7 heteroatoms. The van der Waals surface area contributed by atoms with Gasteiger partial charge in [-0.3, -0.25) is 14.4 Å². The molecular formula is C24H27NO6. The molecule has 164 valence electrons. The third-order valence-electron chi connectivity index (χ3n) is 5.36. The number of methoxy groups -OCH3 is 2. The van der Waals surface area contributed by atoms with Crippen molar-refractivity contribution in [2.45, 2.75) is 32.7 Å². The largest absolute Gasteiger partial charge is 0.493 e. The molecule has 0 aromatic heterocycles. The van der Waals surface area contributed by atoms with Crippen LogP contribution >= 0.6 is 0 Å². The summed E-state index contributed by atoms with van der Waals surface area (Å²) < 4.78 is 15.8. The number of benzene rings is 2. The number of carbonyl (C=O) groups excluding carboxylic acids is 3. The Morgan fingerprint density at radius 3 is 2.23 bits per heavy atom. The maximum Gasteiger partial charge on any atom is 0.306 e. The van der Waals surface area contributed by atoms with Crippen LogP contribution in [0.1, 0.15) is 39.9 Å². The van der Waals surface area contributed by atoms with E-state index in [9.17, 15) is 14.4 Å². The molecule has 7 nitrogen and oxygen atoms in total. The van der Waals surface area contributed by atoms with E-state index in [0.29, 0.717) is 36.6 Å². The van der Waals surface area contributed by atoms with Crippen LogP contribution in [0, 0.1) is 6.92 Å². The van der Waals surface area contributed by atoms with Crippen LogP contribution in [0.15, 0.2) is 36.4 Å². The monoisotopic (exact) mass is 425 g/mol. The van der Waals surface area contributed by atoms with E-state index in [2.05, 4.69) is 0 Å². The Morgan fingerprint density at radius 2 is 1.58 bits per heavy atom. The molecule has 0 atom stereocenters. The first-order chi connectivity index (χ1) is 14.9. The van der Waals surface area contributed by atoms with Gasteiger partial charge in [0.05, 0.1) is 20.6 Å². The molecule has 0 unspecified atom stereocenters. The van der Waals surface area contributed by atoms with Gasteiger partial charge in [-0.05, 0) is 36.6 Å². The molecule has 3 rings (SSSR count). The fraction of sp³-hybridized carbons (Fsp3) is 0.375. The van der Waals surface area contributed by atoms with Crippen molar-refractivity contribution in [3.8, 4) is 11.5 Å². The van der Waals surface area contributed by atoms with E-state index in [1.807, 2.05) is 31.2 Å². The Labute approximate surface area is 181 Å². The fourth-order valence-electron chi connectivity index (χ4n) is 3.50. The first-order valence-corrected chi connectivity index (χ1v) is 10.2. The highest BCUT2D eigenvalue weighted by Crippen LogP contribution is 2.33. The van der Waals surface area contributed by atoms with Gasteiger partial charge in [-0.2, -0.15) is 0 Å². The molecule has 0 saturated carbocycles. The van der Waals surface area contributed by atoms with Crippen LogP contribution in [-0.4, -0.2) is 49.9 Å². The number of esters is 1. The number of ether oxygens (including phenoxy) is 3. The third kappa shape index (κ3) is 5.63. The Balaban J connectivity index is 1.48. The summed E-state index contributed by atoms with van der Waals surface area (Å²) in [6, 6.07) is 11.0. The van der Waals surface area contributed by atoms with Crippen molar-refractivity contribution in [3.63, 3.8) is 0 Å². The van der Waals surface area contributed by atoms with Crippen molar-refractivity contribution in [2.75, 3.05) is 27.4 Å². The average molecular weight is 425 g/mol. The van der Waals surface area contributed by atoms with Crippen LogP contribution in [0.5, 0.6) is 11.5 Å². The van der Waals surface area contributed by atoms with E-state index >= 15 is 0 Å². The number of amides is 1. The number of nitrogens with zero attached hydrogens (tertiary/aromatic N) is 1. The van der Waals surface area contributed by atoms with Gasteiger partial charge in [0.25, 0.3) is 5.91 Å². The topological polar surface area (TPSA) is 82.1 Å². The lowest BCUT2D eigenvalue weighted by atomic mass is 9.99. The molecule has 1 aliphatic rings. The van der Waals surface area contributed by atoms with Gasteiger partial charge >= 0.3 is 5.97 Å². The molecule has 0 fully saturated rings. The Morgan fingerprint density at radius 1 is 0.935 bits per heavy atom. The quantitative estimate of drug-likeness (QED) is 0.478. The van der Waals surface area contributed by atoms with Crippen molar-refractivity contribution in [3.05, 3.63) is 58.7 Å². The van der Waals surface area contributed by atoms with Crippen LogP contribution in [-0.2, 0) is 27.3 Å². The molecule has 1 aliphatic heterocycles. The van der Waals surface area contributed by atoms with Gasteiger partial charge in [0.1, 0.15) is 0 Å². The SMILES string of the molecule is COc1cc2c(cc1OC)CN(C(=O)COC(=O)CCC(=O)c1ccc(C)cc1)CC2. The summed E-state index contributed by atoms with van der Waals surface area (Å²) in [6.07, 6.45) is 0.676.